The van der Waals surface area contributed by atoms with Gasteiger partial charge < -0.3 is 25.4 Å². The van der Waals surface area contributed by atoms with E-state index in [0.29, 0.717) is 41.2 Å². The van der Waals surface area contributed by atoms with E-state index >= 15 is 0 Å². The number of rotatable bonds is 13. The molecule has 0 bridgehead atoms. The lowest BCUT2D eigenvalue weighted by molar-refractivity contribution is -0.116. The first-order valence-corrected chi connectivity index (χ1v) is 15.6. The molecule has 0 spiro atoms. The number of anilines is 5. The smallest absolute Gasteiger partial charge is 0.330 e. The summed E-state index contributed by atoms with van der Waals surface area (Å²) in [7, 11) is 1.65. The molecule has 0 unspecified atom stereocenters. The molecule has 0 atom stereocenters. The van der Waals surface area contributed by atoms with Crippen molar-refractivity contribution >= 4 is 52.4 Å². The number of fused-ring (bicyclic) bond motifs is 1. The highest BCUT2D eigenvalue weighted by molar-refractivity contribution is 6.34. The lowest BCUT2D eigenvalue weighted by atomic mass is 10.1. The molecule has 0 saturated heterocycles. The lowest BCUT2D eigenvalue weighted by Crippen LogP contribution is -2.46. The summed E-state index contributed by atoms with van der Waals surface area (Å²) in [4.78, 5) is 40.6. The molecule has 1 aromatic heterocycles. The number of carbonyl (C=O) groups excluding carboxylic acids is 2. The molecule has 46 heavy (non-hydrogen) atoms. The minimum atomic E-state index is -0.318. The van der Waals surface area contributed by atoms with E-state index in [1.807, 2.05) is 24.3 Å². The number of aryl methyl sites for hydroxylation is 1. The SMILES string of the molecule is CCN(CC)CCOc1ccc(Nc2ncc3c(n2)N(C)C(=O)N(c2cc(NC(=O)CCc4ccc(O)cc4)ccc2Cl)C3)cc1. The summed E-state index contributed by atoms with van der Waals surface area (Å²) in [6, 6.07) is 19.1. The number of phenolic OH excluding ortho intramolecular Hbond substituents is 1. The number of urea groups is 1. The third-order valence-electron chi connectivity index (χ3n) is 7.78. The van der Waals surface area contributed by atoms with Gasteiger partial charge >= 0.3 is 6.03 Å². The zero-order chi connectivity index (χ0) is 32.6. The first kappa shape index (κ1) is 32.5. The number of hydrogen-bond acceptors (Lipinski definition) is 8. The Kier molecular flexibility index (Phi) is 10.6. The van der Waals surface area contributed by atoms with Crippen molar-refractivity contribution in [3.63, 3.8) is 0 Å². The summed E-state index contributed by atoms with van der Waals surface area (Å²) < 4.78 is 5.87. The molecule has 2 heterocycles. The van der Waals surface area contributed by atoms with Crippen LogP contribution in [-0.2, 0) is 17.8 Å². The van der Waals surface area contributed by atoms with Crippen LogP contribution in [0.25, 0.3) is 0 Å². The molecule has 0 saturated carbocycles. The maximum atomic E-state index is 13.5. The molecule has 240 valence electrons. The number of likely N-dealkylation sites (N-methyl/N-ethyl adjacent to an activating group) is 1. The van der Waals surface area contributed by atoms with Crippen molar-refractivity contribution in [2.45, 2.75) is 33.2 Å². The van der Waals surface area contributed by atoms with Crippen LogP contribution in [0.1, 0.15) is 31.4 Å². The van der Waals surface area contributed by atoms with E-state index in [-0.39, 0.29) is 30.7 Å². The number of amides is 3. The van der Waals surface area contributed by atoms with Gasteiger partial charge in [-0.1, -0.05) is 37.6 Å². The average Bonchev–Trinajstić information content (AvgIpc) is 3.06. The zero-order valence-corrected chi connectivity index (χ0v) is 26.9. The highest BCUT2D eigenvalue weighted by Gasteiger charge is 2.32. The molecular weight excluding hydrogens is 606 g/mol. The molecule has 1 aliphatic rings. The molecule has 1 aliphatic heterocycles. The fourth-order valence-electron chi connectivity index (χ4n) is 5.10. The van der Waals surface area contributed by atoms with Crippen LogP contribution < -0.4 is 25.2 Å². The largest absolute Gasteiger partial charge is 0.508 e. The van der Waals surface area contributed by atoms with Gasteiger partial charge in [0.25, 0.3) is 0 Å². The molecule has 0 fully saturated rings. The monoisotopic (exact) mass is 643 g/mol. The predicted octanol–water partition coefficient (Wildman–Crippen LogP) is 6.45. The van der Waals surface area contributed by atoms with Crippen LogP contribution in [0.2, 0.25) is 5.02 Å². The van der Waals surface area contributed by atoms with Crippen molar-refractivity contribution in [3.05, 3.63) is 89.1 Å². The predicted molar refractivity (Wildman–Crippen MR) is 182 cm³/mol. The maximum Gasteiger partial charge on any atom is 0.330 e. The number of aromatic nitrogens is 2. The Bertz CT molecular complexity index is 1660. The summed E-state index contributed by atoms with van der Waals surface area (Å²) in [5.41, 5.74) is 3.45. The fourth-order valence-corrected chi connectivity index (χ4v) is 5.31. The number of ether oxygens (including phenoxy) is 1. The Morgan fingerprint density at radius 2 is 1.76 bits per heavy atom. The highest BCUT2D eigenvalue weighted by Crippen LogP contribution is 2.35. The molecule has 3 amide bonds. The van der Waals surface area contributed by atoms with E-state index in [2.05, 4.69) is 39.3 Å². The van der Waals surface area contributed by atoms with Crippen molar-refractivity contribution in [3.8, 4) is 11.5 Å². The normalized spacial score (nSPS) is 12.7. The molecule has 3 N–H and O–H groups in total. The van der Waals surface area contributed by atoms with Gasteiger partial charge in [-0.15, -0.1) is 0 Å². The second-order valence-electron chi connectivity index (χ2n) is 10.9. The minimum Gasteiger partial charge on any atom is -0.508 e. The van der Waals surface area contributed by atoms with E-state index in [1.165, 1.54) is 9.80 Å². The standard InChI is InChI=1S/C34H38ClN7O4/c1-4-41(5-2)18-19-46-28-14-9-25(10-15-28)38-33-36-21-24-22-42(34(45)40(3)32(24)39-33)30-20-26(11-16-29(30)35)37-31(44)17-8-23-6-12-27(43)13-7-23/h6-7,9-16,20-21,43H,4-5,8,17-19,22H2,1-3H3,(H,37,44)(H,36,38,39). The Labute approximate surface area is 273 Å². The van der Waals surface area contributed by atoms with Crippen LogP contribution in [0, 0.1) is 0 Å². The molecule has 0 radical (unpaired) electrons. The van der Waals surface area contributed by atoms with Gasteiger partial charge in [-0.3, -0.25) is 14.6 Å². The second-order valence-corrected chi connectivity index (χ2v) is 11.3. The number of carbonyl (C=O) groups is 2. The van der Waals surface area contributed by atoms with Crippen molar-refractivity contribution in [1.29, 1.82) is 0 Å². The van der Waals surface area contributed by atoms with Crippen LogP contribution >= 0.6 is 11.6 Å². The van der Waals surface area contributed by atoms with Gasteiger partial charge in [-0.25, -0.2) is 9.78 Å². The fraction of sp³-hybridized carbons (Fsp3) is 0.294. The molecule has 0 aliphatic carbocycles. The zero-order valence-electron chi connectivity index (χ0n) is 26.2. The Hall–Kier alpha value is -4.87. The van der Waals surface area contributed by atoms with Crippen LogP contribution in [0.5, 0.6) is 11.5 Å². The lowest BCUT2D eigenvalue weighted by Gasteiger charge is -2.34. The number of aromatic hydroxyl groups is 1. The van der Waals surface area contributed by atoms with Crippen LogP contribution in [-0.4, -0.2) is 65.2 Å². The summed E-state index contributed by atoms with van der Waals surface area (Å²) in [6.45, 7) is 7.95. The van der Waals surface area contributed by atoms with Gasteiger partial charge in [0.1, 0.15) is 23.9 Å². The van der Waals surface area contributed by atoms with Gasteiger partial charge in [0.05, 0.1) is 17.3 Å². The third kappa shape index (κ3) is 8.04. The minimum absolute atomic E-state index is 0.180. The van der Waals surface area contributed by atoms with Crippen molar-refractivity contribution in [2.75, 3.05) is 53.7 Å². The molecule has 4 aromatic rings. The van der Waals surface area contributed by atoms with Crippen molar-refractivity contribution in [1.82, 2.24) is 14.9 Å². The molecule has 11 nitrogen and oxygen atoms in total. The molecular formula is C34H38ClN7O4. The van der Waals surface area contributed by atoms with E-state index in [4.69, 9.17) is 16.3 Å². The Morgan fingerprint density at radius 1 is 1.04 bits per heavy atom. The van der Waals surface area contributed by atoms with E-state index in [9.17, 15) is 14.7 Å². The van der Waals surface area contributed by atoms with E-state index in [1.54, 1.807) is 55.7 Å². The first-order valence-electron chi connectivity index (χ1n) is 15.2. The van der Waals surface area contributed by atoms with Crippen LogP contribution in [0.4, 0.5) is 33.6 Å². The van der Waals surface area contributed by atoms with Crippen LogP contribution in [0.3, 0.4) is 0 Å². The van der Waals surface area contributed by atoms with Gasteiger partial charge in [0.2, 0.25) is 11.9 Å². The highest BCUT2D eigenvalue weighted by atomic mass is 35.5. The third-order valence-corrected chi connectivity index (χ3v) is 8.10. The Balaban J connectivity index is 1.22. The number of nitrogens with one attached hydrogen (secondary N) is 2. The summed E-state index contributed by atoms with van der Waals surface area (Å²) >= 11 is 6.54. The number of nitrogens with zero attached hydrogens (tertiary/aromatic N) is 5. The van der Waals surface area contributed by atoms with Crippen LogP contribution in [0.15, 0.2) is 72.9 Å². The average molecular weight is 644 g/mol. The maximum absolute atomic E-state index is 13.5. The second kappa shape index (κ2) is 14.9. The molecule has 5 rings (SSSR count). The van der Waals surface area contributed by atoms with Gasteiger partial charge in [-0.05, 0) is 79.7 Å². The van der Waals surface area contributed by atoms with Gasteiger partial charge in [-0.2, -0.15) is 4.98 Å². The number of phenols is 1. The van der Waals surface area contributed by atoms with Crippen molar-refractivity contribution < 1.29 is 19.4 Å². The van der Waals surface area contributed by atoms with Crippen molar-refractivity contribution in [2.24, 2.45) is 0 Å². The summed E-state index contributed by atoms with van der Waals surface area (Å²) in [5.74, 6) is 1.63. The van der Waals surface area contributed by atoms with E-state index < -0.39 is 0 Å². The van der Waals surface area contributed by atoms with E-state index in [0.717, 1.165) is 42.2 Å². The number of benzene rings is 3. The number of hydrogen-bond donors (Lipinski definition) is 3. The Morgan fingerprint density at radius 3 is 2.48 bits per heavy atom. The summed E-state index contributed by atoms with van der Waals surface area (Å²) in [5, 5.41) is 15.9. The summed E-state index contributed by atoms with van der Waals surface area (Å²) in [6.07, 6.45) is 2.46. The number of halogens is 1. The van der Waals surface area contributed by atoms with Gasteiger partial charge in [0.15, 0.2) is 0 Å². The molecule has 12 heteroatoms. The first-order chi connectivity index (χ1) is 22.2. The molecule has 3 aromatic carbocycles. The van der Waals surface area contributed by atoms with Gasteiger partial charge in [0, 0.05) is 43.1 Å². The topological polar surface area (TPSA) is 123 Å². The quantitative estimate of drug-likeness (QED) is 0.152.